The third-order valence-electron chi connectivity index (χ3n) is 7.13. The van der Waals surface area contributed by atoms with Gasteiger partial charge < -0.3 is 10.6 Å². The first-order valence-electron chi connectivity index (χ1n) is 10.1. The Labute approximate surface area is 154 Å². The van der Waals surface area contributed by atoms with E-state index in [-0.39, 0.29) is 23.1 Å². The third kappa shape index (κ3) is 3.53. The zero-order valence-corrected chi connectivity index (χ0v) is 15.3. The summed E-state index contributed by atoms with van der Waals surface area (Å²) in [6.45, 7) is 0.920. The molecule has 0 radical (unpaired) electrons. The minimum Gasteiger partial charge on any atom is -0.351 e. The highest BCUT2D eigenvalue weighted by molar-refractivity contribution is 5.84. The van der Waals surface area contributed by atoms with Gasteiger partial charge in [-0.2, -0.15) is 0 Å². The Morgan fingerprint density at radius 2 is 1.62 bits per heavy atom. The Balaban J connectivity index is 1.26. The SMILES string of the molecule is NC(=O)N1CCC[C@@H](C(=O)NNC(=O)CC23CC4CC(CC(C4)C2)C3)C1. The van der Waals surface area contributed by atoms with Crippen molar-refractivity contribution < 1.29 is 14.4 Å². The fourth-order valence-corrected chi connectivity index (χ4v) is 6.52. The number of nitrogens with two attached hydrogens (primary N) is 1. The predicted molar refractivity (Wildman–Crippen MR) is 95.4 cm³/mol. The van der Waals surface area contributed by atoms with Gasteiger partial charge in [0.05, 0.1) is 5.92 Å². The number of amides is 4. The molecule has 1 heterocycles. The van der Waals surface area contributed by atoms with Crippen molar-refractivity contribution in [2.45, 2.75) is 57.8 Å². The van der Waals surface area contributed by atoms with Crippen LogP contribution in [0.5, 0.6) is 0 Å². The van der Waals surface area contributed by atoms with E-state index in [1.165, 1.54) is 43.4 Å². The molecule has 4 N–H and O–H groups in total. The summed E-state index contributed by atoms with van der Waals surface area (Å²) in [5, 5.41) is 0. The van der Waals surface area contributed by atoms with Gasteiger partial charge in [-0.3, -0.25) is 20.4 Å². The number of nitrogens with zero attached hydrogens (tertiary/aromatic N) is 1. The van der Waals surface area contributed by atoms with Crippen LogP contribution >= 0.6 is 0 Å². The quantitative estimate of drug-likeness (QED) is 0.663. The number of piperidine rings is 1. The first-order valence-corrected chi connectivity index (χ1v) is 10.1. The Bertz CT molecular complexity index is 570. The van der Waals surface area contributed by atoms with Crippen molar-refractivity contribution in [1.29, 1.82) is 0 Å². The molecular formula is C19H30N4O3. The molecule has 7 nitrogen and oxygen atoms in total. The largest absolute Gasteiger partial charge is 0.351 e. The van der Waals surface area contributed by atoms with Gasteiger partial charge in [0, 0.05) is 19.5 Å². The van der Waals surface area contributed by atoms with Crippen LogP contribution in [-0.2, 0) is 9.59 Å². The monoisotopic (exact) mass is 362 g/mol. The third-order valence-corrected chi connectivity index (χ3v) is 7.13. The average molecular weight is 362 g/mol. The van der Waals surface area contributed by atoms with Gasteiger partial charge in [0.15, 0.2) is 0 Å². The van der Waals surface area contributed by atoms with E-state index in [0.717, 1.165) is 24.2 Å². The van der Waals surface area contributed by atoms with E-state index in [4.69, 9.17) is 5.73 Å². The Kier molecular flexibility index (Phi) is 4.57. The Morgan fingerprint density at radius 1 is 1.00 bits per heavy atom. The summed E-state index contributed by atoms with van der Waals surface area (Å²) < 4.78 is 0. The van der Waals surface area contributed by atoms with E-state index < -0.39 is 6.03 Å². The van der Waals surface area contributed by atoms with Crippen LogP contribution in [-0.4, -0.2) is 35.8 Å². The standard InChI is InChI=1S/C19H30N4O3/c20-18(26)23-3-1-2-15(11-23)17(25)22-21-16(24)10-19-7-12-4-13(8-19)6-14(5-12)9-19/h12-15H,1-11H2,(H2,20,26)(H,21,24)(H,22,25)/t12?,13?,14?,15-,19?/m1/s1. The highest BCUT2D eigenvalue weighted by atomic mass is 16.2. The van der Waals surface area contributed by atoms with E-state index in [0.29, 0.717) is 25.9 Å². The lowest BCUT2D eigenvalue weighted by atomic mass is 9.49. The van der Waals surface area contributed by atoms with Gasteiger partial charge in [-0.05, 0) is 74.5 Å². The molecule has 0 aromatic carbocycles. The van der Waals surface area contributed by atoms with E-state index in [1.807, 2.05) is 0 Å². The summed E-state index contributed by atoms with van der Waals surface area (Å²) >= 11 is 0. The average Bonchev–Trinajstić information content (AvgIpc) is 2.58. The molecule has 0 aromatic rings. The van der Waals surface area contributed by atoms with Gasteiger partial charge in [0.25, 0.3) is 0 Å². The molecule has 5 fully saturated rings. The smallest absolute Gasteiger partial charge is 0.314 e. The van der Waals surface area contributed by atoms with Crippen molar-refractivity contribution in [1.82, 2.24) is 15.8 Å². The fraction of sp³-hybridized carbons (Fsp3) is 0.842. The summed E-state index contributed by atoms with van der Waals surface area (Å²) in [6, 6.07) is -0.492. The van der Waals surface area contributed by atoms with Gasteiger partial charge in [-0.15, -0.1) is 0 Å². The van der Waals surface area contributed by atoms with Crippen molar-refractivity contribution in [3.63, 3.8) is 0 Å². The maximum Gasteiger partial charge on any atom is 0.314 e. The molecule has 4 amide bonds. The van der Waals surface area contributed by atoms with E-state index >= 15 is 0 Å². The lowest BCUT2D eigenvalue weighted by Gasteiger charge is -2.56. The molecular weight excluding hydrogens is 332 g/mol. The van der Waals surface area contributed by atoms with Crippen molar-refractivity contribution in [2.24, 2.45) is 34.8 Å². The highest BCUT2D eigenvalue weighted by Gasteiger charge is 2.51. The van der Waals surface area contributed by atoms with Crippen molar-refractivity contribution >= 4 is 17.8 Å². The normalized spacial score (nSPS) is 38.1. The van der Waals surface area contributed by atoms with Crippen LogP contribution in [0.15, 0.2) is 0 Å². The van der Waals surface area contributed by atoms with Gasteiger partial charge >= 0.3 is 6.03 Å². The number of urea groups is 1. The molecule has 4 aliphatic carbocycles. The molecule has 0 spiro atoms. The lowest BCUT2D eigenvalue weighted by Crippen LogP contribution is -2.52. The van der Waals surface area contributed by atoms with Crippen LogP contribution in [0.4, 0.5) is 4.79 Å². The molecule has 26 heavy (non-hydrogen) atoms. The zero-order valence-electron chi connectivity index (χ0n) is 15.3. The number of likely N-dealkylation sites (tertiary alicyclic amines) is 1. The molecule has 1 atom stereocenters. The number of carbonyl (C=O) groups is 3. The molecule has 5 rings (SSSR count). The number of nitrogens with one attached hydrogen (secondary N) is 2. The molecule has 7 heteroatoms. The van der Waals surface area contributed by atoms with Crippen molar-refractivity contribution in [3.05, 3.63) is 0 Å². The minimum absolute atomic E-state index is 0.0807. The number of rotatable bonds is 3. The number of primary amides is 1. The van der Waals surface area contributed by atoms with Crippen LogP contribution in [0.3, 0.4) is 0 Å². The van der Waals surface area contributed by atoms with Gasteiger partial charge in [-0.25, -0.2) is 4.79 Å². The second-order valence-electron chi connectivity index (χ2n) is 9.26. The highest BCUT2D eigenvalue weighted by Crippen LogP contribution is 2.61. The molecule has 1 aliphatic heterocycles. The summed E-state index contributed by atoms with van der Waals surface area (Å²) in [6.07, 6.45) is 9.59. The minimum atomic E-state index is -0.492. The summed E-state index contributed by atoms with van der Waals surface area (Å²) in [4.78, 5) is 37.6. The first kappa shape index (κ1) is 17.6. The zero-order chi connectivity index (χ0) is 18.3. The topological polar surface area (TPSA) is 105 Å². The Morgan fingerprint density at radius 3 is 2.19 bits per heavy atom. The van der Waals surface area contributed by atoms with E-state index in [1.54, 1.807) is 0 Å². The van der Waals surface area contributed by atoms with E-state index in [2.05, 4.69) is 10.9 Å². The second kappa shape index (κ2) is 6.74. The molecule has 1 saturated heterocycles. The van der Waals surface area contributed by atoms with Gasteiger partial charge in [0.1, 0.15) is 0 Å². The maximum atomic E-state index is 12.5. The van der Waals surface area contributed by atoms with Crippen LogP contribution < -0.4 is 16.6 Å². The number of hydrazine groups is 1. The van der Waals surface area contributed by atoms with E-state index in [9.17, 15) is 14.4 Å². The van der Waals surface area contributed by atoms with Crippen molar-refractivity contribution in [3.8, 4) is 0 Å². The van der Waals surface area contributed by atoms with Gasteiger partial charge in [-0.1, -0.05) is 0 Å². The molecule has 4 bridgehead atoms. The molecule has 4 saturated carbocycles. The van der Waals surface area contributed by atoms with Crippen LogP contribution in [0.1, 0.15) is 57.8 Å². The predicted octanol–water partition coefficient (Wildman–Crippen LogP) is 1.53. The lowest BCUT2D eigenvalue weighted by molar-refractivity contribution is -0.136. The second-order valence-corrected chi connectivity index (χ2v) is 9.26. The number of hydrogen-bond acceptors (Lipinski definition) is 3. The Hall–Kier alpha value is -1.79. The molecule has 0 unspecified atom stereocenters. The van der Waals surface area contributed by atoms with Gasteiger partial charge in [0.2, 0.25) is 11.8 Å². The van der Waals surface area contributed by atoms with Crippen molar-refractivity contribution in [2.75, 3.05) is 13.1 Å². The summed E-state index contributed by atoms with van der Waals surface area (Å²) in [5.41, 5.74) is 10.7. The molecule has 0 aromatic heterocycles. The summed E-state index contributed by atoms with van der Waals surface area (Å²) in [7, 11) is 0. The number of hydrogen-bond donors (Lipinski definition) is 3. The van der Waals surface area contributed by atoms with Crippen LogP contribution in [0.2, 0.25) is 0 Å². The fourth-order valence-electron chi connectivity index (χ4n) is 6.52. The number of carbonyl (C=O) groups excluding carboxylic acids is 3. The maximum absolute atomic E-state index is 12.5. The first-order chi connectivity index (χ1) is 12.4. The van der Waals surface area contributed by atoms with Crippen LogP contribution in [0, 0.1) is 29.1 Å². The van der Waals surface area contributed by atoms with Crippen LogP contribution in [0.25, 0.3) is 0 Å². The molecule has 144 valence electrons. The molecule has 5 aliphatic rings. The summed E-state index contributed by atoms with van der Waals surface area (Å²) in [5.74, 6) is 1.82.